The molecule has 0 heterocycles. The van der Waals surface area contributed by atoms with E-state index in [1.54, 1.807) is 0 Å². The number of carbonyl (C=O) groups is 1. The molecule has 1 aromatic rings. The third-order valence-electron chi connectivity index (χ3n) is 1.99. The first-order chi connectivity index (χ1) is 7.13. The van der Waals surface area contributed by atoms with Crippen LogP contribution in [0.1, 0.15) is 35.3 Å². The predicted octanol–water partition coefficient (Wildman–Crippen LogP) is 2.90. The van der Waals surface area contributed by atoms with Crippen LogP contribution in [0.2, 0.25) is 0 Å². The second-order valence-electron chi connectivity index (χ2n) is 3.54. The molecular formula is C13H21NO. The normalized spacial score (nSPS) is 9.47. The minimum Gasteiger partial charge on any atom is -0.305 e. The lowest BCUT2D eigenvalue weighted by atomic mass is 10.1. The predicted molar refractivity (Wildman–Crippen MR) is 65.3 cm³/mol. The van der Waals surface area contributed by atoms with Gasteiger partial charge in [0.1, 0.15) is 6.29 Å². The van der Waals surface area contributed by atoms with Crippen molar-refractivity contribution in [2.45, 2.75) is 27.3 Å². The Kier molecular flexibility index (Phi) is 6.63. The number of hydrogen-bond acceptors (Lipinski definition) is 2. The Bertz CT molecular complexity index is 305. The van der Waals surface area contributed by atoms with Gasteiger partial charge in [-0.2, -0.15) is 0 Å². The molecule has 0 spiro atoms. The molecule has 0 aromatic heterocycles. The van der Waals surface area contributed by atoms with Crippen LogP contribution in [0.5, 0.6) is 0 Å². The molecule has 0 bridgehead atoms. The van der Waals surface area contributed by atoms with E-state index in [1.165, 1.54) is 11.1 Å². The first-order valence-corrected chi connectivity index (χ1v) is 5.33. The number of aryl methyl sites for hydroxylation is 1. The summed E-state index contributed by atoms with van der Waals surface area (Å²) in [5.74, 6) is 0. The molecule has 2 nitrogen and oxygen atoms in total. The molecule has 0 aliphatic heterocycles. The van der Waals surface area contributed by atoms with Gasteiger partial charge in [-0.3, -0.25) is 4.79 Å². The molecule has 1 aromatic carbocycles. The van der Waals surface area contributed by atoms with E-state index in [-0.39, 0.29) is 0 Å². The van der Waals surface area contributed by atoms with Crippen LogP contribution in [0, 0.1) is 6.92 Å². The summed E-state index contributed by atoms with van der Waals surface area (Å²) < 4.78 is 0. The summed E-state index contributed by atoms with van der Waals surface area (Å²) in [6.07, 6.45) is 0.881. The maximum absolute atomic E-state index is 10.5. The molecule has 0 fully saturated rings. The molecule has 0 aliphatic carbocycles. The zero-order valence-electron chi connectivity index (χ0n) is 10.4. The highest BCUT2D eigenvalue weighted by molar-refractivity contribution is 5.75. The Morgan fingerprint density at radius 2 is 1.87 bits per heavy atom. The van der Waals surface area contributed by atoms with Gasteiger partial charge in [0.2, 0.25) is 0 Å². The van der Waals surface area contributed by atoms with Gasteiger partial charge in [0.05, 0.1) is 0 Å². The van der Waals surface area contributed by atoms with Gasteiger partial charge in [-0.05, 0) is 38.2 Å². The highest BCUT2D eigenvalue weighted by Crippen LogP contribution is 2.11. The zero-order chi connectivity index (χ0) is 11.8. The fourth-order valence-electron chi connectivity index (χ4n) is 1.31. The van der Waals surface area contributed by atoms with Gasteiger partial charge < -0.3 is 4.90 Å². The SMILES string of the molecule is CC.Cc1cc(C=O)ccc1CN(C)C. The first-order valence-electron chi connectivity index (χ1n) is 5.33. The quantitative estimate of drug-likeness (QED) is 0.710. The van der Waals surface area contributed by atoms with E-state index in [0.717, 1.165) is 18.4 Å². The van der Waals surface area contributed by atoms with Crippen LogP contribution in [0.4, 0.5) is 0 Å². The Morgan fingerprint density at radius 3 is 2.27 bits per heavy atom. The third kappa shape index (κ3) is 4.75. The Balaban J connectivity index is 0.000000921. The van der Waals surface area contributed by atoms with E-state index in [0.29, 0.717) is 0 Å². The van der Waals surface area contributed by atoms with Gasteiger partial charge in [-0.1, -0.05) is 26.0 Å². The lowest BCUT2D eigenvalue weighted by molar-refractivity contribution is 0.112. The van der Waals surface area contributed by atoms with Crippen molar-refractivity contribution in [3.05, 3.63) is 34.9 Å². The van der Waals surface area contributed by atoms with E-state index in [2.05, 4.69) is 4.90 Å². The van der Waals surface area contributed by atoms with E-state index in [9.17, 15) is 4.79 Å². The molecule has 0 unspecified atom stereocenters. The average molecular weight is 207 g/mol. The summed E-state index contributed by atoms with van der Waals surface area (Å²) in [4.78, 5) is 12.6. The molecule has 0 radical (unpaired) electrons. The van der Waals surface area contributed by atoms with Crippen LogP contribution < -0.4 is 0 Å². The largest absolute Gasteiger partial charge is 0.305 e. The second-order valence-corrected chi connectivity index (χ2v) is 3.54. The van der Waals surface area contributed by atoms with Crippen molar-refractivity contribution in [3.8, 4) is 0 Å². The number of nitrogens with zero attached hydrogens (tertiary/aromatic N) is 1. The Hall–Kier alpha value is -1.15. The van der Waals surface area contributed by atoms with Gasteiger partial charge in [-0.15, -0.1) is 0 Å². The number of rotatable bonds is 3. The zero-order valence-corrected chi connectivity index (χ0v) is 10.4. The topological polar surface area (TPSA) is 20.3 Å². The fourth-order valence-corrected chi connectivity index (χ4v) is 1.31. The van der Waals surface area contributed by atoms with Crippen molar-refractivity contribution in [3.63, 3.8) is 0 Å². The van der Waals surface area contributed by atoms with Crippen LogP contribution in [-0.4, -0.2) is 25.3 Å². The maximum Gasteiger partial charge on any atom is 0.150 e. The van der Waals surface area contributed by atoms with Gasteiger partial charge in [0, 0.05) is 12.1 Å². The molecule has 1 rings (SSSR count). The molecule has 15 heavy (non-hydrogen) atoms. The van der Waals surface area contributed by atoms with Gasteiger partial charge >= 0.3 is 0 Å². The molecule has 2 heteroatoms. The number of hydrogen-bond donors (Lipinski definition) is 0. The van der Waals surface area contributed by atoms with Gasteiger partial charge in [-0.25, -0.2) is 0 Å². The van der Waals surface area contributed by atoms with Crippen LogP contribution in [0.3, 0.4) is 0 Å². The smallest absolute Gasteiger partial charge is 0.150 e. The second kappa shape index (κ2) is 7.18. The van der Waals surface area contributed by atoms with E-state index < -0.39 is 0 Å². The fraction of sp³-hybridized carbons (Fsp3) is 0.462. The lowest BCUT2D eigenvalue weighted by Crippen LogP contribution is -2.11. The summed E-state index contributed by atoms with van der Waals surface area (Å²) in [6, 6.07) is 5.80. The van der Waals surface area contributed by atoms with Gasteiger partial charge in [0.15, 0.2) is 0 Å². The van der Waals surface area contributed by atoms with Crippen LogP contribution >= 0.6 is 0 Å². The highest BCUT2D eigenvalue weighted by Gasteiger charge is 2.00. The van der Waals surface area contributed by atoms with E-state index in [1.807, 2.05) is 53.1 Å². The van der Waals surface area contributed by atoms with Crippen LogP contribution in [-0.2, 0) is 6.54 Å². The van der Waals surface area contributed by atoms with Crippen molar-refractivity contribution >= 4 is 6.29 Å². The molecule has 0 amide bonds. The summed E-state index contributed by atoms with van der Waals surface area (Å²) in [6.45, 7) is 6.96. The van der Waals surface area contributed by atoms with E-state index >= 15 is 0 Å². The lowest BCUT2D eigenvalue weighted by Gasteiger charge is -2.12. The Morgan fingerprint density at radius 1 is 1.27 bits per heavy atom. The van der Waals surface area contributed by atoms with Crippen LogP contribution in [0.15, 0.2) is 18.2 Å². The summed E-state index contributed by atoms with van der Waals surface area (Å²) >= 11 is 0. The first kappa shape index (κ1) is 13.8. The minimum absolute atomic E-state index is 0.750. The average Bonchev–Trinajstić information content (AvgIpc) is 2.23. The number of benzene rings is 1. The third-order valence-corrected chi connectivity index (χ3v) is 1.99. The molecule has 84 valence electrons. The van der Waals surface area contributed by atoms with Crippen molar-refractivity contribution < 1.29 is 4.79 Å². The standard InChI is InChI=1S/C11H15NO.C2H6/c1-9-6-10(8-13)4-5-11(9)7-12(2)3;1-2/h4-6,8H,7H2,1-3H3;1-2H3. The molecular weight excluding hydrogens is 186 g/mol. The number of aldehydes is 1. The molecule has 0 saturated carbocycles. The van der Waals surface area contributed by atoms with Crippen LogP contribution in [0.25, 0.3) is 0 Å². The minimum atomic E-state index is 0.750. The highest BCUT2D eigenvalue weighted by atomic mass is 16.1. The number of carbonyl (C=O) groups excluding carboxylic acids is 1. The molecule has 0 saturated heterocycles. The van der Waals surface area contributed by atoms with Crippen molar-refractivity contribution in [2.75, 3.05) is 14.1 Å². The van der Waals surface area contributed by atoms with Crippen molar-refractivity contribution in [1.82, 2.24) is 4.90 Å². The van der Waals surface area contributed by atoms with E-state index in [4.69, 9.17) is 0 Å². The van der Waals surface area contributed by atoms with Crippen molar-refractivity contribution in [2.24, 2.45) is 0 Å². The molecule has 0 atom stereocenters. The summed E-state index contributed by atoms with van der Waals surface area (Å²) in [5.41, 5.74) is 3.20. The molecule has 0 aliphatic rings. The summed E-state index contributed by atoms with van der Waals surface area (Å²) in [7, 11) is 4.07. The monoisotopic (exact) mass is 207 g/mol. The molecule has 0 N–H and O–H groups in total. The Labute approximate surface area is 92.9 Å². The summed E-state index contributed by atoms with van der Waals surface area (Å²) in [5, 5.41) is 0. The van der Waals surface area contributed by atoms with Crippen molar-refractivity contribution in [1.29, 1.82) is 0 Å². The maximum atomic E-state index is 10.5. The van der Waals surface area contributed by atoms with Gasteiger partial charge in [0.25, 0.3) is 0 Å².